The third-order valence-electron chi connectivity index (χ3n) is 9.59. The van der Waals surface area contributed by atoms with Crippen LogP contribution in [0.1, 0.15) is 43.3 Å². The van der Waals surface area contributed by atoms with Crippen molar-refractivity contribution in [3.63, 3.8) is 0 Å². The number of carbonyl (C=O) groups is 1. The molecule has 1 aliphatic rings. The summed E-state index contributed by atoms with van der Waals surface area (Å²) in [5, 5.41) is 5.32. The summed E-state index contributed by atoms with van der Waals surface area (Å²) in [6, 6.07) is 20.0. The molecular weight excluding hydrogens is 711 g/mol. The zero-order valence-electron chi connectivity index (χ0n) is 31.1. The summed E-state index contributed by atoms with van der Waals surface area (Å²) in [6.45, 7) is 13.7. The highest BCUT2D eigenvalue weighted by molar-refractivity contribution is 7.90. The van der Waals surface area contributed by atoms with Gasteiger partial charge in [-0.25, -0.2) is 30.9 Å². The lowest BCUT2D eigenvalue weighted by atomic mass is 10.0. The maximum atomic E-state index is 14.1. The van der Waals surface area contributed by atoms with Gasteiger partial charge in [0, 0.05) is 78.1 Å². The van der Waals surface area contributed by atoms with Gasteiger partial charge in [0.25, 0.3) is 10.0 Å². The van der Waals surface area contributed by atoms with Crippen LogP contribution in [0.3, 0.4) is 0 Å². The molecule has 7 rings (SSSR count). The molecule has 0 radical (unpaired) electrons. The van der Waals surface area contributed by atoms with Crippen LogP contribution in [0.15, 0.2) is 90.1 Å². The quantitative estimate of drug-likeness (QED) is 0.162. The zero-order chi connectivity index (χ0) is 38.5. The number of amides is 1. The predicted molar refractivity (Wildman–Crippen MR) is 205 cm³/mol. The maximum Gasteiger partial charge on any atom is 0.410 e. The van der Waals surface area contributed by atoms with Gasteiger partial charge < -0.3 is 14.5 Å². The minimum Gasteiger partial charge on any atom is -0.444 e. The number of fused-ring (bicyclic) bond motifs is 1. The third-order valence-corrected chi connectivity index (χ3v) is 11.3. The molecular formula is C41H42F2N6O4S. The molecule has 10 nitrogen and oxygen atoms in total. The van der Waals surface area contributed by atoms with Gasteiger partial charge in [-0.3, -0.25) is 4.68 Å². The standard InChI is InChI=1S/C41H42F2N6O4S/c1-26-7-13-35(14-8-26)54(51,52)49-25-37(38-27(2)45-48(28(38)3)24-29-19-32(42)22-33(43)20-29)36-21-31(23-44-39(36)49)30-9-11-34(12-10-30)46-15-17-47(18-16-46)40(50)53-41(4,5)6/h7-14,19-23,25H,15-18,24H2,1-6H3. The molecule has 280 valence electrons. The Morgan fingerprint density at radius 2 is 1.50 bits per heavy atom. The fourth-order valence-corrected chi connectivity index (χ4v) is 8.22. The molecule has 3 aromatic heterocycles. The molecule has 3 aromatic carbocycles. The highest BCUT2D eigenvalue weighted by Crippen LogP contribution is 2.38. The van der Waals surface area contributed by atoms with Crippen LogP contribution in [-0.4, -0.2) is 69.9 Å². The monoisotopic (exact) mass is 752 g/mol. The van der Waals surface area contributed by atoms with E-state index in [1.54, 1.807) is 46.2 Å². The molecule has 0 spiro atoms. The molecule has 0 aliphatic carbocycles. The van der Waals surface area contributed by atoms with E-state index in [4.69, 9.17) is 14.8 Å². The van der Waals surface area contributed by atoms with Gasteiger partial charge in [0.2, 0.25) is 0 Å². The van der Waals surface area contributed by atoms with Crippen molar-refractivity contribution in [1.82, 2.24) is 23.6 Å². The van der Waals surface area contributed by atoms with E-state index >= 15 is 0 Å². The summed E-state index contributed by atoms with van der Waals surface area (Å²) in [5.41, 5.74) is 6.38. The fraction of sp³-hybridized carbons (Fsp3) is 0.293. The first-order valence-electron chi connectivity index (χ1n) is 17.7. The molecule has 4 heterocycles. The number of carbonyl (C=O) groups excluding carboxylic acids is 1. The van der Waals surface area contributed by atoms with Crippen molar-refractivity contribution in [1.29, 1.82) is 0 Å². The SMILES string of the molecule is Cc1ccc(S(=O)(=O)n2cc(-c3c(C)nn(Cc4cc(F)cc(F)c4)c3C)c3cc(-c4ccc(N5CCN(C(=O)OC(C)(C)C)CC5)cc4)cnc32)cc1. The van der Waals surface area contributed by atoms with Crippen LogP contribution in [0.4, 0.5) is 19.3 Å². The zero-order valence-corrected chi connectivity index (χ0v) is 31.9. The molecule has 0 N–H and O–H groups in total. The van der Waals surface area contributed by atoms with E-state index in [9.17, 15) is 22.0 Å². The highest BCUT2D eigenvalue weighted by Gasteiger charge is 2.28. The lowest BCUT2D eigenvalue weighted by molar-refractivity contribution is 0.0240. The lowest BCUT2D eigenvalue weighted by Crippen LogP contribution is -2.50. The largest absolute Gasteiger partial charge is 0.444 e. The van der Waals surface area contributed by atoms with E-state index in [1.165, 1.54) is 16.1 Å². The second-order valence-electron chi connectivity index (χ2n) is 14.7. The Hall–Kier alpha value is -5.56. The van der Waals surface area contributed by atoms with Gasteiger partial charge in [0.1, 0.15) is 17.2 Å². The molecule has 1 fully saturated rings. The van der Waals surface area contributed by atoms with Gasteiger partial charge in [-0.2, -0.15) is 5.10 Å². The summed E-state index contributed by atoms with van der Waals surface area (Å²) >= 11 is 0. The molecule has 13 heteroatoms. The van der Waals surface area contributed by atoms with Crippen LogP contribution in [0.25, 0.3) is 33.3 Å². The number of hydrogen-bond donors (Lipinski definition) is 0. The Balaban J connectivity index is 1.25. The molecule has 1 amide bonds. The second kappa shape index (κ2) is 14.0. The molecule has 0 atom stereocenters. The van der Waals surface area contributed by atoms with E-state index in [0.717, 1.165) is 28.4 Å². The summed E-state index contributed by atoms with van der Waals surface area (Å²) in [4.78, 5) is 21.4. The van der Waals surface area contributed by atoms with Crippen molar-refractivity contribution in [2.45, 2.75) is 58.6 Å². The first kappa shape index (κ1) is 36.8. The van der Waals surface area contributed by atoms with Crippen molar-refractivity contribution in [3.8, 4) is 22.3 Å². The number of rotatable bonds is 7. The Kier molecular flexibility index (Phi) is 9.55. The fourth-order valence-electron chi connectivity index (χ4n) is 6.90. The first-order valence-corrected chi connectivity index (χ1v) is 19.2. The molecule has 0 saturated carbocycles. The smallest absolute Gasteiger partial charge is 0.410 e. The van der Waals surface area contributed by atoms with Crippen LogP contribution in [0.5, 0.6) is 0 Å². The van der Waals surface area contributed by atoms with Gasteiger partial charge in [0.05, 0.1) is 17.1 Å². The first-order chi connectivity index (χ1) is 25.6. The van der Waals surface area contributed by atoms with Crippen molar-refractivity contribution in [2.24, 2.45) is 0 Å². The number of aromatic nitrogens is 4. The van der Waals surface area contributed by atoms with E-state index in [-0.39, 0.29) is 23.2 Å². The third kappa shape index (κ3) is 7.32. The number of nitrogens with zero attached hydrogens (tertiary/aromatic N) is 6. The number of benzene rings is 3. The van der Waals surface area contributed by atoms with Gasteiger partial charge >= 0.3 is 6.09 Å². The van der Waals surface area contributed by atoms with E-state index in [1.807, 2.05) is 71.9 Å². The van der Waals surface area contributed by atoms with Gasteiger partial charge in [-0.1, -0.05) is 29.8 Å². The van der Waals surface area contributed by atoms with E-state index < -0.39 is 27.3 Å². The average Bonchev–Trinajstić information content (AvgIpc) is 3.62. The Labute approximate surface area is 313 Å². The summed E-state index contributed by atoms with van der Waals surface area (Å²) < 4.78 is 64.8. The number of anilines is 1. The number of aryl methyl sites for hydroxylation is 2. The summed E-state index contributed by atoms with van der Waals surface area (Å²) in [5.74, 6) is -1.35. The minimum absolute atomic E-state index is 0.119. The molecule has 0 unspecified atom stereocenters. The van der Waals surface area contributed by atoms with Gasteiger partial charge in [-0.15, -0.1) is 0 Å². The molecule has 0 bridgehead atoms. The Morgan fingerprint density at radius 3 is 2.13 bits per heavy atom. The lowest BCUT2D eigenvalue weighted by Gasteiger charge is -2.36. The number of pyridine rings is 1. The number of halogens is 2. The second-order valence-corrected chi connectivity index (χ2v) is 16.5. The van der Waals surface area contributed by atoms with Crippen molar-refractivity contribution in [2.75, 3.05) is 31.1 Å². The van der Waals surface area contributed by atoms with Crippen molar-refractivity contribution >= 4 is 32.8 Å². The highest BCUT2D eigenvalue weighted by atomic mass is 32.2. The molecule has 1 saturated heterocycles. The number of ether oxygens (including phenoxy) is 1. The van der Waals surface area contributed by atoms with Crippen molar-refractivity contribution in [3.05, 3.63) is 119 Å². The van der Waals surface area contributed by atoms with Gasteiger partial charge in [0.15, 0.2) is 5.65 Å². The number of hydrogen-bond acceptors (Lipinski definition) is 7. The maximum absolute atomic E-state index is 14.1. The topological polar surface area (TPSA) is 103 Å². The Morgan fingerprint density at radius 1 is 0.852 bits per heavy atom. The van der Waals surface area contributed by atoms with Crippen LogP contribution in [0.2, 0.25) is 0 Å². The van der Waals surface area contributed by atoms with Crippen LogP contribution in [0, 0.1) is 32.4 Å². The Bertz CT molecular complexity index is 2460. The minimum atomic E-state index is -4.05. The number of piperazine rings is 1. The average molecular weight is 753 g/mol. The summed E-state index contributed by atoms with van der Waals surface area (Å²) in [7, 11) is -4.05. The van der Waals surface area contributed by atoms with E-state index in [0.29, 0.717) is 59.6 Å². The molecule has 54 heavy (non-hydrogen) atoms. The normalized spacial score (nSPS) is 13.9. The molecule has 1 aliphatic heterocycles. The predicted octanol–water partition coefficient (Wildman–Crippen LogP) is 8.11. The van der Waals surface area contributed by atoms with Gasteiger partial charge in [-0.05, 0) is 95.1 Å². The molecule has 6 aromatic rings. The van der Waals surface area contributed by atoms with E-state index in [2.05, 4.69) is 4.90 Å². The van der Waals surface area contributed by atoms with Crippen LogP contribution < -0.4 is 4.90 Å². The van der Waals surface area contributed by atoms with Crippen LogP contribution in [-0.2, 0) is 21.3 Å². The van der Waals surface area contributed by atoms with Crippen LogP contribution >= 0.6 is 0 Å². The summed E-state index contributed by atoms with van der Waals surface area (Å²) in [6.07, 6.45) is 2.95. The van der Waals surface area contributed by atoms with Crippen molar-refractivity contribution < 1.29 is 26.7 Å².